The van der Waals surface area contributed by atoms with Crippen LogP contribution in [0.25, 0.3) is 0 Å². The molecule has 0 spiro atoms. The summed E-state index contributed by atoms with van der Waals surface area (Å²) in [4.78, 5) is 16.0. The number of amides is 1. The van der Waals surface area contributed by atoms with Crippen molar-refractivity contribution in [2.45, 2.75) is 6.92 Å². The lowest BCUT2D eigenvalue weighted by molar-refractivity contribution is 0.102. The second-order valence-corrected chi connectivity index (χ2v) is 4.45. The standard InChI is InChI=1S/C12H11BrN2O3/c1-7-6-18-12(14-7)15-11(16)9-5-8(17-2)3-4-10(9)13/h3-6H,1-2H3,(H,14,15,16). The molecule has 18 heavy (non-hydrogen) atoms. The Morgan fingerprint density at radius 2 is 2.28 bits per heavy atom. The molecule has 0 atom stereocenters. The van der Waals surface area contributed by atoms with Crippen molar-refractivity contribution >= 4 is 27.9 Å². The van der Waals surface area contributed by atoms with Gasteiger partial charge in [0.05, 0.1) is 18.4 Å². The van der Waals surface area contributed by atoms with Crippen LogP contribution in [0.3, 0.4) is 0 Å². The fourth-order valence-corrected chi connectivity index (χ4v) is 1.81. The molecule has 0 fully saturated rings. The molecular weight excluding hydrogens is 300 g/mol. The smallest absolute Gasteiger partial charge is 0.301 e. The van der Waals surface area contributed by atoms with Crippen molar-refractivity contribution < 1.29 is 13.9 Å². The average molecular weight is 311 g/mol. The number of halogens is 1. The van der Waals surface area contributed by atoms with Gasteiger partial charge in [0.25, 0.3) is 5.91 Å². The minimum absolute atomic E-state index is 0.173. The molecular formula is C12H11BrN2O3. The lowest BCUT2D eigenvalue weighted by Crippen LogP contribution is -2.13. The minimum atomic E-state index is -0.317. The van der Waals surface area contributed by atoms with Gasteiger partial charge in [0, 0.05) is 4.47 Å². The van der Waals surface area contributed by atoms with Gasteiger partial charge < -0.3 is 9.15 Å². The Kier molecular flexibility index (Phi) is 3.66. The van der Waals surface area contributed by atoms with Crippen molar-refractivity contribution in [1.82, 2.24) is 4.98 Å². The Labute approximate surface area is 112 Å². The summed E-state index contributed by atoms with van der Waals surface area (Å²) in [6.07, 6.45) is 1.47. The van der Waals surface area contributed by atoms with Gasteiger partial charge in [-0.1, -0.05) is 0 Å². The van der Waals surface area contributed by atoms with E-state index in [4.69, 9.17) is 9.15 Å². The van der Waals surface area contributed by atoms with E-state index in [0.717, 1.165) is 0 Å². The summed E-state index contributed by atoms with van der Waals surface area (Å²) >= 11 is 3.31. The first kappa shape index (κ1) is 12.6. The third-order valence-electron chi connectivity index (χ3n) is 2.26. The van der Waals surface area contributed by atoms with Gasteiger partial charge in [-0.05, 0) is 41.1 Å². The zero-order valence-electron chi connectivity index (χ0n) is 9.86. The molecule has 0 saturated carbocycles. The van der Waals surface area contributed by atoms with Gasteiger partial charge in [-0.2, -0.15) is 4.98 Å². The molecule has 5 nitrogen and oxygen atoms in total. The SMILES string of the molecule is COc1ccc(Br)c(C(=O)Nc2nc(C)co2)c1. The zero-order chi connectivity index (χ0) is 13.1. The van der Waals surface area contributed by atoms with Crippen molar-refractivity contribution in [2.75, 3.05) is 12.4 Å². The van der Waals surface area contributed by atoms with Gasteiger partial charge in [0.1, 0.15) is 12.0 Å². The third kappa shape index (κ3) is 2.70. The number of hydrogen-bond acceptors (Lipinski definition) is 4. The van der Waals surface area contributed by atoms with Gasteiger partial charge in [0.2, 0.25) is 0 Å². The summed E-state index contributed by atoms with van der Waals surface area (Å²) in [6.45, 7) is 1.78. The molecule has 0 aliphatic heterocycles. The number of ether oxygens (including phenoxy) is 1. The number of carbonyl (C=O) groups excluding carboxylic acids is 1. The number of aromatic nitrogens is 1. The van der Waals surface area contributed by atoms with Crippen LogP contribution >= 0.6 is 15.9 Å². The molecule has 94 valence electrons. The van der Waals surface area contributed by atoms with Gasteiger partial charge in [-0.15, -0.1) is 0 Å². The highest BCUT2D eigenvalue weighted by Gasteiger charge is 2.13. The summed E-state index contributed by atoms with van der Waals surface area (Å²) in [5.74, 6) is 0.287. The first-order chi connectivity index (χ1) is 8.60. The van der Waals surface area contributed by atoms with E-state index < -0.39 is 0 Å². The first-order valence-electron chi connectivity index (χ1n) is 5.17. The average Bonchev–Trinajstić information content (AvgIpc) is 2.75. The molecule has 0 bridgehead atoms. The minimum Gasteiger partial charge on any atom is -0.497 e. The molecule has 0 aliphatic carbocycles. The number of anilines is 1. The van der Waals surface area contributed by atoms with E-state index in [1.165, 1.54) is 6.26 Å². The zero-order valence-corrected chi connectivity index (χ0v) is 11.4. The predicted octanol–water partition coefficient (Wildman–Crippen LogP) is 3.01. The summed E-state index contributed by atoms with van der Waals surface area (Å²) in [5.41, 5.74) is 1.15. The molecule has 1 heterocycles. The predicted molar refractivity (Wildman–Crippen MR) is 69.9 cm³/mol. The van der Waals surface area contributed by atoms with E-state index in [1.54, 1.807) is 32.2 Å². The topological polar surface area (TPSA) is 64.4 Å². The quantitative estimate of drug-likeness (QED) is 0.946. The molecule has 1 aromatic carbocycles. The van der Waals surface area contributed by atoms with Crippen molar-refractivity contribution in [3.05, 3.63) is 40.2 Å². The van der Waals surface area contributed by atoms with Crippen LogP contribution in [0, 0.1) is 6.92 Å². The van der Waals surface area contributed by atoms with E-state index in [0.29, 0.717) is 21.5 Å². The lowest BCUT2D eigenvalue weighted by Gasteiger charge is -2.06. The van der Waals surface area contributed by atoms with Crippen molar-refractivity contribution in [1.29, 1.82) is 0 Å². The van der Waals surface area contributed by atoms with E-state index in [2.05, 4.69) is 26.2 Å². The maximum absolute atomic E-state index is 12.0. The fraction of sp³-hybridized carbons (Fsp3) is 0.167. The van der Waals surface area contributed by atoms with Gasteiger partial charge >= 0.3 is 6.01 Å². The van der Waals surface area contributed by atoms with Crippen LogP contribution < -0.4 is 10.1 Å². The largest absolute Gasteiger partial charge is 0.497 e. The maximum Gasteiger partial charge on any atom is 0.301 e. The monoisotopic (exact) mass is 310 g/mol. The van der Waals surface area contributed by atoms with Crippen LogP contribution in [-0.2, 0) is 0 Å². The van der Waals surface area contributed by atoms with Crippen molar-refractivity contribution in [3.8, 4) is 5.75 Å². The Balaban J connectivity index is 2.23. The maximum atomic E-state index is 12.0. The lowest BCUT2D eigenvalue weighted by atomic mass is 10.2. The molecule has 1 amide bonds. The molecule has 6 heteroatoms. The number of nitrogens with zero attached hydrogens (tertiary/aromatic N) is 1. The normalized spacial score (nSPS) is 10.2. The molecule has 0 saturated heterocycles. The Bertz CT molecular complexity index is 580. The number of aryl methyl sites for hydroxylation is 1. The third-order valence-corrected chi connectivity index (χ3v) is 2.95. The molecule has 1 aromatic heterocycles. The fourth-order valence-electron chi connectivity index (χ4n) is 1.38. The number of oxazole rings is 1. The van der Waals surface area contributed by atoms with Gasteiger partial charge in [0.15, 0.2) is 0 Å². The number of hydrogen-bond donors (Lipinski definition) is 1. The first-order valence-corrected chi connectivity index (χ1v) is 5.96. The van der Waals surface area contributed by atoms with Crippen molar-refractivity contribution in [2.24, 2.45) is 0 Å². The molecule has 2 rings (SSSR count). The van der Waals surface area contributed by atoms with Crippen LogP contribution in [0.15, 0.2) is 33.4 Å². The van der Waals surface area contributed by atoms with E-state index in [1.807, 2.05) is 0 Å². The number of nitrogens with one attached hydrogen (secondary N) is 1. The second-order valence-electron chi connectivity index (χ2n) is 3.59. The Morgan fingerprint density at radius 1 is 1.50 bits per heavy atom. The van der Waals surface area contributed by atoms with E-state index in [-0.39, 0.29) is 11.9 Å². The van der Waals surface area contributed by atoms with Gasteiger partial charge in [-0.3, -0.25) is 10.1 Å². The highest BCUT2D eigenvalue weighted by Crippen LogP contribution is 2.23. The van der Waals surface area contributed by atoms with Crippen LogP contribution in [0.1, 0.15) is 16.1 Å². The Morgan fingerprint density at radius 3 is 2.89 bits per heavy atom. The number of carbonyl (C=O) groups is 1. The number of benzene rings is 1. The molecule has 0 unspecified atom stereocenters. The summed E-state index contributed by atoms with van der Waals surface area (Å²) in [7, 11) is 1.54. The highest BCUT2D eigenvalue weighted by atomic mass is 79.9. The number of methoxy groups -OCH3 is 1. The summed E-state index contributed by atoms with van der Waals surface area (Å²) < 4.78 is 10.8. The second kappa shape index (κ2) is 5.22. The number of rotatable bonds is 3. The van der Waals surface area contributed by atoms with E-state index in [9.17, 15) is 4.79 Å². The summed E-state index contributed by atoms with van der Waals surface area (Å²) in [5, 5.41) is 2.57. The highest BCUT2D eigenvalue weighted by molar-refractivity contribution is 9.10. The van der Waals surface area contributed by atoms with Crippen LogP contribution in [0.5, 0.6) is 5.75 Å². The summed E-state index contributed by atoms with van der Waals surface area (Å²) in [6, 6.07) is 5.31. The molecule has 0 aliphatic rings. The van der Waals surface area contributed by atoms with Crippen molar-refractivity contribution in [3.63, 3.8) is 0 Å². The van der Waals surface area contributed by atoms with Crippen LogP contribution in [-0.4, -0.2) is 18.0 Å². The molecule has 1 N–H and O–H groups in total. The molecule has 0 radical (unpaired) electrons. The Hall–Kier alpha value is -1.82. The van der Waals surface area contributed by atoms with Crippen LogP contribution in [0.2, 0.25) is 0 Å². The molecule has 2 aromatic rings. The van der Waals surface area contributed by atoms with E-state index >= 15 is 0 Å². The van der Waals surface area contributed by atoms with Crippen LogP contribution in [0.4, 0.5) is 6.01 Å². The van der Waals surface area contributed by atoms with Gasteiger partial charge in [-0.25, -0.2) is 0 Å².